The minimum absolute atomic E-state index is 0.0283. The molecule has 1 atom stereocenters. The van der Waals surface area contributed by atoms with Crippen LogP contribution in [-0.4, -0.2) is 40.9 Å². The number of fused-ring (bicyclic) bond motifs is 1. The van der Waals surface area contributed by atoms with Gasteiger partial charge in [0, 0.05) is 13.1 Å². The maximum Gasteiger partial charge on any atom is 0.266 e. The van der Waals surface area contributed by atoms with Gasteiger partial charge in [0.2, 0.25) is 12.7 Å². The Bertz CT molecular complexity index is 1060. The fourth-order valence-electron chi connectivity index (χ4n) is 3.68. The highest BCUT2D eigenvalue weighted by Gasteiger charge is 2.32. The number of hydrogen-bond donors (Lipinski definition) is 1. The summed E-state index contributed by atoms with van der Waals surface area (Å²) in [6.07, 6.45) is 3.48. The van der Waals surface area contributed by atoms with Crippen molar-refractivity contribution in [1.29, 1.82) is 0 Å². The number of rotatable bonds is 8. The molecule has 32 heavy (non-hydrogen) atoms. The Kier molecular flexibility index (Phi) is 7.12. The van der Waals surface area contributed by atoms with Crippen LogP contribution in [0.4, 0.5) is 0 Å². The number of ether oxygens (including phenoxy) is 2. The molecule has 2 amide bonds. The third-order valence-corrected chi connectivity index (χ3v) is 6.68. The lowest BCUT2D eigenvalue weighted by molar-refractivity contribution is -0.124. The van der Waals surface area contributed by atoms with Crippen molar-refractivity contribution in [2.45, 2.75) is 25.7 Å². The highest BCUT2D eigenvalue weighted by molar-refractivity contribution is 8.26. The fourth-order valence-corrected chi connectivity index (χ4v) is 4.99. The Hall–Kier alpha value is -2.84. The van der Waals surface area contributed by atoms with Crippen LogP contribution in [0, 0.1) is 0 Å². The highest BCUT2D eigenvalue weighted by atomic mass is 32.2. The van der Waals surface area contributed by atoms with Gasteiger partial charge in [-0.3, -0.25) is 14.5 Å². The lowest BCUT2D eigenvalue weighted by Gasteiger charge is -2.19. The van der Waals surface area contributed by atoms with Gasteiger partial charge in [0.05, 0.1) is 10.8 Å². The van der Waals surface area contributed by atoms with Crippen molar-refractivity contribution in [2.24, 2.45) is 0 Å². The molecule has 4 rings (SSSR count). The summed E-state index contributed by atoms with van der Waals surface area (Å²) < 4.78 is 11.2. The third-order valence-electron chi connectivity index (χ3n) is 5.30. The number of carbonyl (C=O) groups excluding carboxylic acids is 2. The fraction of sp³-hybridized carbons (Fsp3) is 0.292. The predicted molar refractivity (Wildman–Crippen MR) is 130 cm³/mol. The van der Waals surface area contributed by atoms with Gasteiger partial charge in [0.1, 0.15) is 4.32 Å². The molecule has 2 aromatic rings. The Labute approximate surface area is 197 Å². The van der Waals surface area contributed by atoms with Crippen molar-refractivity contribution in [1.82, 2.24) is 10.2 Å². The van der Waals surface area contributed by atoms with E-state index in [9.17, 15) is 9.59 Å². The normalized spacial score (nSPS) is 17.2. The average molecular weight is 469 g/mol. The van der Waals surface area contributed by atoms with Gasteiger partial charge in [-0.15, -0.1) is 0 Å². The Morgan fingerprint density at radius 1 is 1.22 bits per heavy atom. The van der Waals surface area contributed by atoms with Crippen molar-refractivity contribution < 1.29 is 19.1 Å². The van der Waals surface area contributed by atoms with E-state index in [0.717, 1.165) is 24.0 Å². The van der Waals surface area contributed by atoms with Crippen LogP contribution in [0.1, 0.15) is 36.8 Å². The van der Waals surface area contributed by atoms with Crippen molar-refractivity contribution in [2.75, 3.05) is 19.9 Å². The van der Waals surface area contributed by atoms with Crippen LogP contribution in [0.2, 0.25) is 0 Å². The third kappa shape index (κ3) is 4.97. The van der Waals surface area contributed by atoms with E-state index in [0.29, 0.717) is 33.8 Å². The molecule has 6 nitrogen and oxygen atoms in total. The van der Waals surface area contributed by atoms with Crippen LogP contribution in [0.25, 0.3) is 6.08 Å². The monoisotopic (exact) mass is 468 g/mol. The van der Waals surface area contributed by atoms with Gasteiger partial charge in [0.25, 0.3) is 5.91 Å². The number of nitrogens with one attached hydrogen (secondary N) is 1. The first kappa shape index (κ1) is 22.4. The SMILES string of the molecule is CCCC(C(=O)NCCN1C(=O)C(=Cc2ccc3c(c2)OCO3)SC1=S)c1ccccc1. The van der Waals surface area contributed by atoms with E-state index in [1.54, 1.807) is 6.08 Å². The second-order valence-electron chi connectivity index (χ2n) is 7.49. The molecule has 0 radical (unpaired) electrons. The van der Waals surface area contributed by atoms with E-state index < -0.39 is 0 Å². The quantitative estimate of drug-likeness (QED) is 0.460. The van der Waals surface area contributed by atoms with Crippen LogP contribution in [0.15, 0.2) is 53.4 Å². The smallest absolute Gasteiger partial charge is 0.266 e. The van der Waals surface area contributed by atoms with E-state index >= 15 is 0 Å². The summed E-state index contributed by atoms with van der Waals surface area (Å²) in [6.45, 7) is 2.95. The summed E-state index contributed by atoms with van der Waals surface area (Å²) in [5.74, 6) is 0.983. The molecule has 1 N–H and O–H groups in total. The van der Waals surface area contributed by atoms with Gasteiger partial charge in [-0.1, -0.05) is 73.7 Å². The maximum atomic E-state index is 12.9. The first-order chi connectivity index (χ1) is 15.6. The largest absolute Gasteiger partial charge is 0.454 e. The Morgan fingerprint density at radius 3 is 2.78 bits per heavy atom. The van der Waals surface area contributed by atoms with Gasteiger partial charge in [-0.05, 0) is 35.8 Å². The molecule has 2 aliphatic rings. The lowest BCUT2D eigenvalue weighted by atomic mass is 9.94. The van der Waals surface area contributed by atoms with E-state index in [2.05, 4.69) is 12.2 Å². The average Bonchev–Trinajstić information content (AvgIpc) is 3.37. The maximum absolute atomic E-state index is 12.9. The molecule has 8 heteroatoms. The molecule has 0 aromatic heterocycles. The van der Waals surface area contributed by atoms with Crippen LogP contribution in [-0.2, 0) is 9.59 Å². The second-order valence-corrected chi connectivity index (χ2v) is 9.16. The minimum atomic E-state index is -0.196. The van der Waals surface area contributed by atoms with Gasteiger partial charge < -0.3 is 14.8 Å². The summed E-state index contributed by atoms with van der Waals surface area (Å²) in [4.78, 5) is 27.7. The number of hydrogen-bond acceptors (Lipinski definition) is 6. The Balaban J connectivity index is 1.36. The number of carbonyl (C=O) groups is 2. The zero-order chi connectivity index (χ0) is 22.5. The van der Waals surface area contributed by atoms with Gasteiger partial charge in [-0.2, -0.15) is 0 Å². The minimum Gasteiger partial charge on any atom is -0.454 e. The molecule has 1 unspecified atom stereocenters. The number of benzene rings is 2. The summed E-state index contributed by atoms with van der Waals surface area (Å²) in [7, 11) is 0. The number of nitrogens with zero attached hydrogens (tertiary/aromatic N) is 1. The number of thioether (sulfide) groups is 1. The highest BCUT2D eigenvalue weighted by Crippen LogP contribution is 2.36. The van der Waals surface area contributed by atoms with Gasteiger partial charge >= 0.3 is 0 Å². The van der Waals surface area contributed by atoms with Crippen molar-refractivity contribution in [3.05, 3.63) is 64.6 Å². The zero-order valence-corrected chi connectivity index (χ0v) is 19.3. The molecule has 166 valence electrons. The van der Waals surface area contributed by atoms with Crippen LogP contribution < -0.4 is 14.8 Å². The molecular weight excluding hydrogens is 444 g/mol. The standard InChI is InChI=1S/C24H24N2O4S2/c1-2-6-18(17-7-4-3-5-8-17)22(27)25-11-12-26-23(28)21(32-24(26)31)14-16-9-10-19-20(13-16)30-15-29-19/h3-5,7-10,13-14,18H,2,6,11-12,15H2,1H3,(H,25,27). The van der Waals surface area contributed by atoms with Crippen LogP contribution in [0.3, 0.4) is 0 Å². The van der Waals surface area contributed by atoms with E-state index in [4.69, 9.17) is 21.7 Å². The zero-order valence-electron chi connectivity index (χ0n) is 17.7. The first-order valence-corrected chi connectivity index (χ1v) is 11.8. The van der Waals surface area contributed by atoms with Gasteiger partial charge in [0.15, 0.2) is 11.5 Å². The molecule has 2 aliphatic heterocycles. The van der Waals surface area contributed by atoms with E-state index in [1.165, 1.54) is 16.7 Å². The number of thiocarbonyl (C=S) groups is 1. The summed E-state index contributed by atoms with van der Waals surface area (Å²) in [6, 6.07) is 15.3. The summed E-state index contributed by atoms with van der Waals surface area (Å²) >= 11 is 6.67. The van der Waals surface area contributed by atoms with Crippen LogP contribution in [0.5, 0.6) is 11.5 Å². The van der Waals surface area contributed by atoms with Crippen molar-refractivity contribution in [3.8, 4) is 11.5 Å². The molecule has 2 aromatic carbocycles. The van der Waals surface area contributed by atoms with Crippen molar-refractivity contribution >= 4 is 46.2 Å². The summed E-state index contributed by atoms with van der Waals surface area (Å²) in [5.41, 5.74) is 1.84. The van der Waals surface area contributed by atoms with Gasteiger partial charge in [-0.25, -0.2) is 0 Å². The topological polar surface area (TPSA) is 67.9 Å². The molecule has 0 spiro atoms. The van der Waals surface area contributed by atoms with Crippen molar-refractivity contribution in [3.63, 3.8) is 0 Å². The molecule has 2 heterocycles. The van der Waals surface area contributed by atoms with E-state index in [-0.39, 0.29) is 24.5 Å². The Morgan fingerprint density at radius 2 is 2.00 bits per heavy atom. The van der Waals surface area contributed by atoms with E-state index in [1.807, 2.05) is 48.5 Å². The summed E-state index contributed by atoms with van der Waals surface area (Å²) in [5, 5.41) is 2.98. The molecule has 1 fully saturated rings. The molecule has 0 saturated carbocycles. The lowest BCUT2D eigenvalue weighted by Crippen LogP contribution is -2.38. The molecular formula is C24H24N2O4S2. The number of amides is 2. The first-order valence-electron chi connectivity index (χ1n) is 10.5. The predicted octanol–water partition coefficient (Wildman–Crippen LogP) is 4.32. The van der Waals surface area contributed by atoms with Crippen LogP contribution >= 0.6 is 24.0 Å². The second kappa shape index (κ2) is 10.2. The molecule has 0 aliphatic carbocycles. The molecule has 0 bridgehead atoms. The molecule has 1 saturated heterocycles.